The summed E-state index contributed by atoms with van der Waals surface area (Å²) in [5, 5.41) is 13.0. The first-order valence-electron chi connectivity index (χ1n) is 6.25. The number of phenols is 1. The Morgan fingerprint density at radius 2 is 2.31 bits per heavy atom. The van der Waals surface area contributed by atoms with E-state index in [4.69, 9.17) is 0 Å². The van der Waals surface area contributed by atoms with E-state index in [1.165, 1.54) is 24.8 Å². The highest BCUT2D eigenvalue weighted by atomic mass is 16.3. The van der Waals surface area contributed by atoms with Gasteiger partial charge < -0.3 is 10.4 Å². The van der Waals surface area contributed by atoms with Crippen molar-refractivity contribution in [3.05, 3.63) is 29.8 Å². The largest absolute Gasteiger partial charge is 0.508 e. The Balaban J connectivity index is 1.87. The van der Waals surface area contributed by atoms with Gasteiger partial charge in [0.25, 0.3) is 0 Å². The summed E-state index contributed by atoms with van der Waals surface area (Å²) in [7, 11) is 0. The van der Waals surface area contributed by atoms with Crippen molar-refractivity contribution in [1.29, 1.82) is 0 Å². The minimum absolute atomic E-state index is 0.332. The molecule has 0 spiro atoms. The maximum absolute atomic E-state index is 9.42. The fourth-order valence-corrected chi connectivity index (χ4v) is 2.35. The number of benzene rings is 1. The van der Waals surface area contributed by atoms with Crippen molar-refractivity contribution < 1.29 is 5.11 Å². The summed E-state index contributed by atoms with van der Waals surface area (Å²) >= 11 is 0. The summed E-state index contributed by atoms with van der Waals surface area (Å²) < 4.78 is 0. The number of hydrogen-bond acceptors (Lipinski definition) is 2. The third kappa shape index (κ3) is 2.76. The van der Waals surface area contributed by atoms with E-state index in [1.54, 1.807) is 6.07 Å². The van der Waals surface area contributed by atoms with Crippen LogP contribution in [0, 0.1) is 5.92 Å². The molecule has 2 N–H and O–H groups in total. The van der Waals surface area contributed by atoms with E-state index in [0.717, 1.165) is 5.92 Å². The van der Waals surface area contributed by atoms with Crippen LogP contribution < -0.4 is 5.32 Å². The average Bonchev–Trinajstić information content (AvgIpc) is 2.97. The molecule has 3 unspecified atom stereocenters. The van der Waals surface area contributed by atoms with Crippen LogP contribution in [-0.2, 0) is 0 Å². The topological polar surface area (TPSA) is 32.3 Å². The molecule has 0 aliphatic heterocycles. The predicted molar refractivity (Wildman–Crippen MR) is 66.5 cm³/mol. The van der Waals surface area contributed by atoms with Gasteiger partial charge in [0, 0.05) is 12.1 Å². The Labute approximate surface area is 97.7 Å². The van der Waals surface area contributed by atoms with Crippen LogP contribution in [0.3, 0.4) is 0 Å². The van der Waals surface area contributed by atoms with Crippen molar-refractivity contribution in [2.75, 3.05) is 0 Å². The molecule has 0 aromatic heterocycles. The smallest absolute Gasteiger partial charge is 0.115 e. The Kier molecular flexibility index (Phi) is 3.49. The summed E-state index contributed by atoms with van der Waals surface area (Å²) in [6, 6.07) is 8.55. The lowest BCUT2D eigenvalue weighted by molar-refractivity contribution is 0.471. The molecule has 1 aliphatic rings. The fraction of sp³-hybridized carbons (Fsp3) is 0.571. The summed E-state index contributed by atoms with van der Waals surface area (Å²) in [4.78, 5) is 0. The maximum atomic E-state index is 9.42. The Bertz CT molecular complexity index is 350. The van der Waals surface area contributed by atoms with Crippen LogP contribution in [0.4, 0.5) is 0 Å². The first-order chi connectivity index (χ1) is 7.70. The van der Waals surface area contributed by atoms with Gasteiger partial charge in [0.15, 0.2) is 0 Å². The first kappa shape index (κ1) is 11.5. The lowest BCUT2D eigenvalue weighted by Crippen LogP contribution is -2.22. The van der Waals surface area contributed by atoms with Crippen LogP contribution in [0.25, 0.3) is 0 Å². The second-order valence-electron chi connectivity index (χ2n) is 4.87. The van der Waals surface area contributed by atoms with Crippen molar-refractivity contribution in [3.8, 4) is 5.75 Å². The van der Waals surface area contributed by atoms with Gasteiger partial charge in [-0.15, -0.1) is 0 Å². The number of rotatable bonds is 5. The van der Waals surface area contributed by atoms with E-state index < -0.39 is 0 Å². The zero-order chi connectivity index (χ0) is 11.5. The van der Waals surface area contributed by atoms with Gasteiger partial charge in [-0.05, 0) is 43.4 Å². The summed E-state index contributed by atoms with van der Waals surface area (Å²) in [5.74, 6) is 1.23. The van der Waals surface area contributed by atoms with Crippen LogP contribution in [0.2, 0.25) is 0 Å². The Hall–Kier alpha value is -1.02. The molecule has 88 valence electrons. The normalized spacial score (nSPS) is 25.4. The summed E-state index contributed by atoms with van der Waals surface area (Å²) in [6.07, 6.45) is 3.94. The van der Waals surface area contributed by atoms with E-state index >= 15 is 0 Å². The Morgan fingerprint density at radius 1 is 1.50 bits per heavy atom. The van der Waals surface area contributed by atoms with Crippen LogP contribution in [0.5, 0.6) is 5.75 Å². The summed E-state index contributed by atoms with van der Waals surface area (Å²) in [5.41, 5.74) is 1.17. The molecule has 0 radical (unpaired) electrons. The van der Waals surface area contributed by atoms with Gasteiger partial charge in [-0.3, -0.25) is 0 Å². The highest BCUT2D eigenvalue weighted by Gasteiger charge is 2.36. The monoisotopic (exact) mass is 219 g/mol. The molecule has 1 aliphatic carbocycles. The molecule has 0 bridgehead atoms. The van der Waals surface area contributed by atoms with Crippen LogP contribution in [0.1, 0.15) is 44.7 Å². The third-order valence-corrected chi connectivity index (χ3v) is 3.42. The molecule has 0 amide bonds. The standard InChI is InChI=1S/C14H21NO/c1-3-5-12-9-14(12)15-10(2)11-6-4-7-13(16)8-11/h4,6-8,10,12,14-16H,3,5,9H2,1-2H3. The molecule has 1 fully saturated rings. The second kappa shape index (κ2) is 4.88. The molecule has 3 atom stereocenters. The molecule has 16 heavy (non-hydrogen) atoms. The zero-order valence-corrected chi connectivity index (χ0v) is 10.1. The quantitative estimate of drug-likeness (QED) is 0.797. The van der Waals surface area contributed by atoms with Gasteiger partial charge in [-0.25, -0.2) is 0 Å². The number of nitrogens with one attached hydrogen (secondary N) is 1. The van der Waals surface area contributed by atoms with Gasteiger partial charge in [-0.2, -0.15) is 0 Å². The van der Waals surface area contributed by atoms with Gasteiger partial charge in [0.2, 0.25) is 0 Å². The molecule has 1 aromatic carbocycles. The van der Waals surface area contributed by atoms with Crippen molar-refractivity contribution >= 4 is 0 Å². The maximum Gasteiger partial charge on any atom is 0.115 e. The Morgan fingerprint density at radius 3 is 3.00 bits per heavy atom. The molecule has 0 heterocycles. The zero-order valence-electron chi connectivity index (χ0n) is 10.1. The predicted octanol–water partition coefficient (Wildman–Crippen LogP) is 3.23. The van der Waals surface area contributed by atoms with Gasteiger partial charge in [0.1, 0.15) is 5.75 Å². The molecule has 0 saturated heterocycles. The highest BCUT2D eigenvalue weighted by Crippen LogP contribution is 2.36. The van der Waals surface area contributed by atoms with E-state index in [2.05, 4.69) is 25.2 Å². The molecule has 1 aromatic rings. The van der Waals surface area contributed by atoms with E-state index in [1.807, 2.05) is 12.1 Å². The second-order valence-corrected chi connectivity index (χ2v) is 4.87. The molecular formula is C14H21NO. The highest BCUT2D eigenvalue weighted by molar-refractivity contribution is 5.29. The third-order valence-electron chi connectivity index (χ3n) is 3.42. The average molecular weight is 219 g/mol. The van der Waals surface area contributed by atoms with Crippen LogP contribution >= 0.6 is 0 Å². The number of hydrogen-bond donors (Lipinski definition) is 2. The minimum Gasteiger partial charge on any atom is -0.508 e. The SMILES string of the molecule is CCCC1CC1NC(C)c1cccc(O)c1. The van der Waals surface area contributed by atoms with Gasteiger partial charge in [-0.1, -0.05) is 25.5 Å². The van der Waals surface area contributed by atoms with Gasteiger partial charge in [0.05, 0.1) is 0 Å². The van der Waals surface area contributed by atoms with E-state index in [0.29, 0.717) is 17.8 Å². The van der Waals surface area contributed by atoms with Crippen molar-refractivity contribution in [1.82, 2.24) is 5.32 Å². The van der Waals surface area contributed by atoms with Crippen LogP contribution in [-0.4, -0.2) is 11.1 Å². The van der Waals surface area contributed by atoms with Gasteiger partial charge >= 0.3 is 0 Å². The van der Waals surface area contributed by atoms with E-state index in [9.17, 15) is 5.11 Å². The number of aromatic hydroxyl groups is 1. The van der Waals surface area contributed by atoms with Crippen molar-refractivity contribution in [2.24, 2.45) is 5.92 Å². The lowest BCUT2D eigenvalue weighted by atomic mass is 10.1. The van der Waals surface area contributed by atoms with E-state index in [-0.39, 0.29) is 0 Å². The minimum atomic E-state index is 0.332. The van der Waals surface area contributed by atoms with Crippen LogP contribution in [0.15, 0.2) is 24.3 Å². The lowest BCUT2D eigenvalue weighted by Gasteiger charge is -2.14. The fourth-order valence-electron chi connectivity index (χ4n) is 2.35. The van der Waals surface area contributed by atoms with Crippen molar-refractivity contribution in [2.45, 2.75) is 45.2 Å². The number of phenolic OH excluding ortho intramolecular Hbond substituents is 1. The first-order valence-corrected chi connectivity index (χ1v) is 6.25. The molecule has 1 saturated carbocycles. The molecule has 2 rings (SSSR count). The molecular weight excluding hydrogens is 198 g/mol. The molecule has 2 nitrogen and oxygen atoms in total. The van der Waals surface area contributed by atoms with Crippen molar-refractivity contribution in [3.63, 3.8) is 0 Å². The molecule has 2 heteroatoms. The summed E-state index contributed by atoms with van der Waals surface area (Å²) in [6.45, 7) is 4.41.